The van der Waals surface area contributed by atoms with E-state index in [0.717, 1.165) is 14.7 Å². The molecule has 2 aromatic rings. The molecule has 15 heavy (non-hydrogen) atoms. The van der Waals surface area contributed by atoms with Crippen molar-refractivity contribution in [2.75, 3.05) is 0 Å². The Kier molecular flexibility index (Phi) is 3.05. The molecule has 0 bridgehead atoms. The highest BCUT2D eigenvalue weighted by atomic mass is 127. The van der Waals surface area contributed by atoms with Crippen LogP contribution in [0.1, 0.15) is 5.56 Å². The molecule has 0 aliphatic rings. The van der Waals surface area contributed by atoms with Crippen molar-refractivity contribution in [3.63, 3.8) is 0 Å². The zero-order valence-electron chi connectivity index (χ0n) is 8.30. The Morgan fingerprint density at radius 2 is 1.80 bits per heavy atom. The molecule has 0 N–H and O–H groups in total. The normalized spacial score (nSPS) is 10.3. The van der Waals surface area contributed by atoms with Gasteiger partial charge in [-0.3, -0.25) is 0 Å². The molecule has 2 aromatic carbocycles. The lowest BCUT2D eigenvalue weighted by Gasteiger charge is -2.06. The van der Waals surface area contributed by atoms with E-state index in [0.29, 0.717) is 5.56 Å². The van der Waals surface area contributed by atoms with Gasteiger partial charge in [-0.1, -0.05) is 35.9 Å². The quantitative estimate of drug-likeness (QED) is 0.685. The van der Waals surface area contributed by atoms with Crippen LogP contribution >= 0.6 is 22.6 Å². The highest BCUT2D eigenvalue weighted by Gasteiger charge is 2.08. The number of rotatable bonds is 1. The maximum atomic E-state index is 13.7. The first-order valence-corrected chi connectivity index (χ1v) is 5.77. The Balaban J connectivity index is 2.63. The standard InChI is InChI=1S/C13H10FI/c1-9-4-2-5-10(8-9)13-11(14)6-3-7-12(13)15/h2-8H,1H3. The fraction of sp³-hybridized carbons (Fsp3) is 0.0769. The minimum atomic E-state index is -0.160. The molecule has 0 fully saturated rings. The fourth-order valence-electron chi connectivity index (χ4n) is 1.57. The summed E-state index contributed by atoms with van der Waals surface area (Å²) >= 11 is 2.16. The smallest absolute Gasteiger partial charge is 0.132 e. The molecule has 0 amide bonds. The number of halogens is 2. The van der Waals surface area contributed by atoms with E-state index < -0.39 is 0 Å². The van der Waals surface area contributed by atoms with Crippen LogP contribution in [0.3, 0.4) is 0 Å². The lowest BCUT2D eigenvalue weighted by molar-refractivity contribution is 0.630. The molecule has 2 rings (SSSR count). The Morgan fingerprint density at radius 3 is 2.47 bits per heavy atom. The van der Waals surface area contributed by atoms with Crippen LogP contribution in [0.4, 0.5) is 4.39 Å². The average Bonchev–Trinajstić information content (AvgIpc) is 2.17. The first-order valence-electron chi connectivity index (χ1n) is 4.69. The topological polar surface area (TPSA) is 0 Å². The third-order valence-corrected chi connectivity index (χ3v) is 3.17. The van der Waals surface area contributed by atoms with Gasteiger partial charge in [0.2, 0.25) is 0 Å². The summed E-state index contributed by atoms with van der Waals surface area (Å²) in [5.74, 6) is -0.160. The van der Waals surface area contributed by atoms with Gasteiger partial charge >= 0.3 is 0 Å². The molecule has 0 heterocycles. The van der Waals surface area contributed by atoms with E-state index in [4.69, 9.17) is 0 Å². The lowest BCUT2D eigenvalue weighted by Crippen LogP contribution is -1.88. The van der Waals surface area contributed by atoms with E-state index >= 15 is 0 Å². The molecule has 0 saturated heterocycles. The third kappa shape index (κ3) is 2.20. The number of benzene rings is 2. The maximum absolute atomic E-state index is 13.7. The van der Waals surface area contributed by atoms with Gasteiger partial charge < -0.3 is 0 Å². The predicted molar refractivity (Wildman–Crippen MR) is 69.3 cm³/mol. The highest BCUT2D eigenvalue weighted by Crippen LogP contribution is 2.28. The zero-order valence-corrected chi connectivity index (χ0v) is 10.5. The van der Waals surface area contributed by atoms with Crippen molar-refractivity contribution in [2.45, 2.75) is 6.92 Å². The molecule has 0 aliphatic heterocycles. The van der Waals surface area contributed by atoms with E-state index in [2.05, 4.69) is 22.6 Å². The molecule has 0 spiro atoms. The van der Waals surface area contributed by atoms with Gasteiger partial charge in [0.15, 0.2) is 0 Å². The number of aryl methyl sites for hydroxylation is 1. The summed E-state index contributed by atoms with van der Waals surface area (Å²) in [4.78, 5) is 0. The number of hydrogen-bond acceptors (Lipinski definition) is 0. The zero-order chi connectivity index (χ0) is 10.8. The summed E-state index contributed by atoms with van der Waals surface area (Å²) in [7, 11) is 0. The first kappa shape index (κ1) is 10.6. The summed E-state index contributed by atoms with van der Waals surface area (Å²) in [6.07, 6.45) is 0. The van der Waals surface area contributed by atoms with Gasteiger partial charge in [-0.2, -0.15) is 0 Å². The second-order valence-electron chi connectivity index (χ2n) is 3.47. The molecule has 76 valence electrons. The fourth-order valence-corrected chi connectivity index (χ4v) is 2.35. The third-order valence-electron chi connectivity index (χ3n) is 2.27. The van der Waals surface area contributed by atoms with Gasteiger partial charge in [0.25, 0.3) is 0 Å². The van der Waals surface area contributed by atoms with Gasteiger partial charge in [0.1, 0.15) is 5.82 Å². The van der Waals surface area contributed by atoms with Crippen molar-refractivity contribution in [3.05, 3.63) is 57.4 Å². The molecule has 2 heteroatoms. The van der Waals surface area contributed by atoms with Gasteiger partial charge in [0, 0.05) is 9.13 Å². The van der Waals surface area contributed by atoms with Crippen LogP contribution in [0.5, 0.6) is 0 Å². The summed E-state index contributed by atoms with van der Waals surface area (Å²) in [5.41, 5.74) is 2.78. The van der Waals surface area contributed by atoms with Crippen LogP contribution in [0, 0.1) is 16.3 Å². The summed E-state index contributed by atoms with van der Waals surface area (Å²) < 4.78 is 14.6. The van der Waals surface area contributed by atoms with Gasteiger partial charge in [-0.15, -0.1) is 0 Å². The van der Waals surface area contributed by atoms with E-state index in [-0.39, 0.29) is 5.82 Å². The van der Waals surface area contributed by atoms with E-state index in [1.54, 1.807) is 6.07 Å². The molecular weight excluding hydrogens is 302 g/mol. The van der Waals surface area contributed by atoms with E-state index in [1.165, 1.54) is 6.07 Å². The van der Waals surface area contributed by atoms with Crippen molar-refractivity contribution < 1.29 is 4.39 Å². The summed E-state index contributed by atoms with van der Waals surface area (Å²) in [5, 5.41) is 0. The van der Waals surface area contributed by atoms with Crippen LogP contribution < -0.4 is 0 Å². The van der Waals surface area contributed by atoms with Crippen molar-refractivity contribution in [1.82, 2.24) is 0 Å². The van der Waals surface area contributed by atoms with Gasteiger partial charge in [-0.05, 0) is 47.2 Å². The Morgan fingerprint density at radius 1 is 1.07 bits per heavy atom. The van der Waals surface area contributed by atoms with Crippen molar-refractivity contribution in [1.29, 1.82) is 0 Å². The molecule has 0 saturated carbocycles. The monoisotopic (exact) mass is 312 g/mol. The first-order chi connectivity index (χ1) is 7.18. The molecule has 0 nitrogen and oxygen atoms in total. The van der Waals surface area contributed by atoms with E-state index in [9.17, 15) is 4.39 Å². The Labute approximate surface area is 102 Å². The minimum absolute atomic E-state index is 0.160. The average molecular weight is 312 g/mol. The molecule has 0 unspecified atom stereocenters. The summed E-state index contributed by atoms with van der Waals surface area (Å²) in [6, 6.07) is 13.1. The molecule has 0 radical (unpaired) electrons. The SMILES string of the molecule is Cc1cccc(-c2c(F)cccc2I)c1. The Bertz CT molecular complexity index is 471. The van der Waals surface area contributed by atoms with Crippen molar-refractivity contribution in [3.8, 4) is 11.1 Å². The molecular formula is C13H10FI. The van der Waals surface area contributed by atoms with Gasteiger partial charge in [-0.25, -0.2) is 4.39 Å². The molecule has 0 aliphatic carbocycles. The van der Waals surface area contributed by atoms with Crippen LogP contribution in [0.15, 0.2) is 42.5 Å². The second-order valence-corrected chi connectivity index (χ2v) is 4.63. The summed E-state index contributed by atoms with van der Waals surface area (Å²) in [6.45, 7) is 2.01. The van der Waals surface area contributed by atoms with Crippen molar-refractivity contribution >= 4 is 22.6 Å². The largest absolute Gasteiger partial charge is 0.206 e. The van der Waals surface area contributed by atoms with Crippen LogP contribution in [0.25, 0.3) is 11.1 Å². The van der Waals surface area contributed by atoms with Crippen LogP contribution in [0.2, 0.25) is 0 Å². The predicted octanol–water partition coefficient (Wildman–Crippen LogP) is 4.41. The minimum Gasteiger partial charge on any atom is -0.206 e. The molecule has 0 aromatic heterocycles. The van der Waals surface area contributed by atoms with Crippen molar-refractivity contribution in [2.24, 2.45) is 0 Å². The Hall–Kier alpha value is -0.900. The molecule has 0 atom stereocenters. The number of hydrogen-bond donors (Lipinski definition) is 0. The highest BCUT2D eigenvalue weighted by molar-refractivity contribution is 14.1. The second kappa shape index (κ2) is 4.31. The van der Waals surface area contributed by atoms with Gasteiger partial charge in [0.05, 0.1) is 0 Å². The van der Waals surface area contributed by atoms with Crippen LogP contribution in [-0.2, 0) is 0 Å². The van der Waals surface area contributed by atoms with Crippen LogP contribution in [-0.4, -0.2) is 0 Å². The maximum Gasteiger partial charge on any atom is 0.132 e. The lowest BCUT2D eigenvalue weighted by atomic mass is 10.0. The van der Waals surface area contributed by atoms with E-state index in [1.807, 2.05) is 37.3 Å².